The van der Waals surface area contributed by atoms with Gasteiger partial charge in [-0.15, -0.1) is 0 Å². The summed E-state index contributed by atoms with van der Waals surface area (Å²) in [7, 11) is 0. The third kappa shape index (κ3) is 3.08. The van der Waals surface area contributed by atoms with E-state index in [0.29, 0.717) is 6.54 Å². The predicted molar refractivity (Wildman–Crippen MR) is 94.8 cm³/mol. The highest BCUT2D eigenvalue weighted by Crippen LogP contribution is 2.55. The van der Waals surface area contributed by atoms with Crippen LogP contribution >= 0.6 is 0 Å². The van der Waals surface area contributed by atoms with Gasteiger partial charge >= 0.3 is 6.03 Å². The molecule has 6 heteroatoms. The van der Waals surface area contributed by atoms with Crippen molar-refractivity contribution >= 4 is 6.03 Å². The van der Waals surface area contributed by atoms with Gasteiger partial charge in [-0.2, -0.15) is 5.10 Å². The zero-order valence-electron chi connectivity index (χ0n) is 14.5. The van der Waals surface area contributed by atoms with Gasteiger partial charge in [0.25, 0.3) is 0 Å². The summed E-state index contributed by atoms with van der Waals surface area (Å²) in [4.78, 5) is 12.2. The van der Waals surface area contributed by atoms with E-state index < -0.39 is 0 Å². The zero-order chi connectivity index (χ0) is 17.3. The number of rotatable bonds is 5. The van der Waals surface area contributed by atoms with Gasteiger partial charge in [0.15, 0.2) is 0 Å². The number of aryl methyl sites for hydroxylation is 2. The molecule has 6 nitrogen and oxygen atoms in total. The van der Waals surface area contributed by atoms with Crippen LogP contribution in [0.4, 0.5) is 4.79 Å². The number of fused-ring (bicyclic) bond motifs is 2. The van der Waals surface area contributed by atoms with Crippen LogP contribution in [0.2, 0.25) is 0 Å². The second kappa shape index (κ2) is 6.43. The third-order valence-corrected chi connectivity index (χ3v) is 5.45. The molecule has 0 unspecified atom stereocenters. The number of hydrogen-bond acceptors (Lipinski definition) is 3. The van der Waals surface area contributed by atoms with Crippen LogP contribution in [0.3, 0.4) is 0 Å². The molecule has 25 heavy (non-hydrogen) atoms. The highest BCUT2D eigenvalue weighted by molar-refractivity contribution is 5.75. The summed E-state index contributed by atoms with van der Waals surface area (Å²) in [5.41, 5.74) is 3.62. The van der Waals surface area contributed by atoms with Crippen molar-refractivity contribution in [2.75, 3.05) is 13.2 Å². The number of urea groups is 1. The van der Waals surface area contributed by atoms with E-state index in [-0.39, 0.29) is 17.5 Å². The number of aromatic nitrogens is 2. The van der Waals surface area contributed by atoms with Crippen LogP contribution in [0, 0.1) is 6.92 Å². The monoisotopic (exact) mass is 340 g/mol. The lowest BCUT2D eigenvalue weighted by Crippen LogP contribution is -2.40. The number of carbonyl (C=O) groups excluding carboxylic acids is 1. The number of hydrogen-bond donors (Lipinski definition) is 3. The second-order valence-corrected chi connectivity index (χ2v) is 7.03. The van der Waals surface area contributed by atoms with Gasteiger partial charge < -0.3 is 15.4 Å². The average molecular weight is 340 g/mol. The zero-order valence-corrected chi connectivity index (χ0v) is 14.5. The minimum Gasteiger partial charge on any atom is -0.493 e. The summed E-state index contributed by atoms with van der Waals surface area (Å²) >= 11 is 0. The quantitative estimate of drug-likeness (QED) is 0.732. The summed E-state index contributed by atoms with van der Waals surface area (Å²) < 4.78 is 5.74. The fourth-order valence-electron chi connectivity index (χ4n) is 3.87. The molecule has 1 aromatic heterocycles. The Morgan fingerprint density at radius 2 is 2.32 bits per heavy atom. The van der Waals surface area contributed by atoms with Crippen molar-refractivity contribution in [1.82, 2.24) is 20.8 Å². The Bertz CT molecular complexity index is 772. The maximum Gasteiger partial charge on any atom is 0.315 e. The number of benzene rings is 1. The molecule has 132 valence electrons. The highest BCUT2D eigenvalue weighted by Gasteiger charge is 2.58. The van der Waals surface area contributed by atoms with Gasteiger partial charge in [-0.05, 0) is 44.2 Å². The summed E-state index contributed by atoms with van der Waals surface area (Å²) in [6.07, 6.45) is 5.64. The molecule has 1 spiro atoms. The molecule has 0 radical (unpaired) electrons. The molecule has 0 bridgehead atoms. The fraction of sp³-hybridized carbons (Fsp3) is 0.474. The van der Waals surface area contributed by atoms with Gasteiger partial charge in [0.2, 0.25) is 0 Å². The van der Waals surface area contributed by atoms with Gasteiger partial charge in [-0.1, -0.05) is 18.2 Å². The molecular weight excluding hydrogens is 316 g/mol. The van der Waals surface area contributed by atoms with Gasteiger partial charge in [0.05, 0.1) is 12.8 Å². The number of para-hydroxylation sites is 1. The first kappa shape index (κ1) is 16.0. The Morgan fingerprint density at radius 3 is 3.16 bits per heavy atom. The Morgan fingerprint density at radius 1 is 1.44 bits per heavy atom. The van der Waals surface area contributed by atoms with Crippen LogP contribution in [0.5, 0.6) is 5.75 Å². The Labute approximate surface area is 147 Å². The standard InChI is InChI=1S/C19H24N4O2/c1-13-14(12-21-23-13)5-4-9-20-18(24)22-17-11-19(17)8-10-25-16-7-3-2-6-15(16)19/h2-3,6-7,12,17H,4-5,8-11H2,1H3,(H,21,23)(H2,20,22,24)/t17-,19-/m0/s1. The van der Waals surface area contributed by atoms with Crippen LogP contribution < -0.4 is 15.4 Å². The van der Waals surface area contributed by atoms with Crippen molar-refractivity contribution < 1.29 is 9.53 Å². The van der Waals surface area contributed by atoms with Gasteiger partial charge in [0, 0.05) is 29.3 Å². The minimum absolute atomic E-state index is 0.0695. The molecule has 1 aliphatic heterocycles. The van der Waals surface area contributed by atoms with E-state index in [4.69, 9.17) is 4.74 Å². The van der Waals surface area contributed by atoms with Crippen molar-refractivity contribution in [3.05, 3.63) is 47.3 Å². The van der Waals surface area contributed by atoms with Crippen molar-refractivity contribution in [3.8, 4) is 5.75 Å². The number of ether oxygens (including phenoxy) is 1. The smallest absolute Gasteiger partial charge is 0.315 e. The number of aromatic amines is 1. The molecule has 3 N–H and O–H groups in total. The van der Waals surface area contributed by atoms with E-state index in [0.717, 1.165) is 43.7 Å². The number of amides is 2. The molecule has 2 atom stereocenters. The molecule has 2 heterocycles. The van der Waals surface area contributed by atoms with E-state index >= 15 is 0 Å². The molecule has 1 fully saturated rings. The van der Waals surface area contributed by atoms with Crippen LogP contribution in [-0.2, 0) is 11.8 Å². The predicted octanol–water partition coefficient (Wildman–Crippen LogP) is 2.44. The Hall–Kier alpha value is -2.50. The Kier molecular flexibility index (Phi) is 4.11. The molecule has 2 aromatic rings. The lowest BCUT2D eigenvalue weighted by molar-refractivity contribution is 0.234. The van der Waals surface area contributed by atoms with Crippen molar-refractivity contribution in [2.45, 2.75) is 44.1 Å². The largest absolute Gasteiger partial charge is 0.493 e. The number of nitrogens with one attached hydrogen (secondary N) is 3. The molecule has 2 aliphatic rings. The SMILES string of the molecule is Cc1[nH]ncc1CCCNC(=O)N[C@H]1C[C@]12CCOc1ccccc12. The molecule has 2 amide bonds. The van der Waals surface area contributed by atoms with Crippen LogP contribution in [0.25, 0.3) is 0 Å². The van der Waals surface area contributed by atoms with E-state index in [9.17, 15) is 4.79 Å². The van der Waals surface area contributed by atoms with Crippen molar-refractivity contribution in [1.29, 1.82) is 0 Å². The van der Waals surface area contributed by atoms with Crippen molar-refractivity contribution in [3.63, 3.8) is 0 Å². The maximum atomic E-state index is 12.2. The number of nitrogens with zero attached hydrogens (tertiary/aromatic N) is 1. The van der Waals surface area contributed by atoms with E-state index in [1.165, 1.54) is 11.1 Å². The lowest BCUT2D eigenvalue weighted by Gasteiger charge is -2.26. The van der Waals surface area contributed by atoms with E-state index in [1.807, 2.05) is 31.3 Å². The van der Waals surface area contributed by atoms with Gasteiger partial charge in [-0.3, -0.25) is 5.10 Å². The molecule has 1 saturated carbocycles. The molecule has 1 aromatic carbocycles. The first-order valence-electron chi connectivity index (χ1n) is 8.94. The third-order valence-electron chi connectivity index (χ3n) is 5.45. The summed E-state index contributed by atoms with van der Waals surface area (Å²) in [6.45, 7) is 3.40. The topological polar surface area (TPSA) is 79.0 Å². The molecule has 1 aliphatic carbocycles. The average Bonchev–Trinajstić information content (AvgIpc) is 3.11. The highest BCUT2D eigenvalue weighted by atomic mass is 16.5. The summed E-state index contributed by atoms with van der Waals surface area (Å²) in [6, 6.07) is 8.31. The van der Waals surface area contributed by atoms with Crippen LogP contribution in [-0.4, -0.2) is 35.4 Å². The van der Waals surface area contributed by atoms with E-state index in [1.54, 1.807) is 0 Å². The molecular formula is C19H24N4O2. The Balaban J connectivity index is 1.25. The fourth-order valence-corrected chi connectivity index (χ4v) is 3.87. The molecule has 0 saturated heterocycles. The lowest BCUT2D eigenvalue weighted by atomic mass is 9.89. The van der Waals surface area contributed by atoms with E-state index in [2.05, 4.69) is 26.9 Å². The van der Waals surface area contributed by atoms with Gasteiger partial charge in [-0.25, -0.2) is 4.79 Å². The normalized spacial score (nSPS) is 23.6. The first-order chi connectivity index (χ1) is 12.2. The first-order valence-corrected chi connectivity index (χ1v) is 8.94. The number of carbonyl (C=O) groups is 1. The van der Waals surface area contributed by atoms with Gasteiger partial charge in [0.1, 0.15) is 5.75 Å². The van der Waals surface area contributed by atoms with Crippen LogP contribution in [0.15, 0.2) is 30.5 Å². The van der Waals surface area contributed by atoms with Crippen molar-refractivity contribution in [2.24, 2.45) is 0 Å². The number of H-pyrrole nitrogens is 1. The molecule has 4 rings (SSSR count). The summed E-state index contributed by atoms with van der Waals surface area (Å²) in [5, 5.41) is 13.1. The minimum atomic E-state index is -0.0743. The van der Waals surface area contributed by atoms with Crippen LogP contribution in [0.1, 0.15) is 36.1 Å². The second-order valence-electron chi connectivity index (χ2n) is 7.03. The maximum absolute atomic E-state index is 12.2. The summed E-state index contributed by atoms with van der Waals surface area (Å²) in [5.74, 6) is 0.967.